The molecule has 1 aliphatic heterocycles. The summed E-state index contributed by atoms with van der Waals surface area (Å²) in [5.74, 6) is 1.35. The number of anilines is 3. The van der Waals surface area contributed by atoms with E-state index in [9.17, 15) is 4.79 Å². The van der Waals surface area contributed by atoms with E-state index in [1.54, 1.807) is 11.1 Å². The molecule has 2 aromatic rings. The molecule has 1 aromatic carbocycles. The molecule has 144 valence electrons. The van der Waals surface area contributed by atoms with Crippen molar-refractivity contribution < 1.29 is 9.53 Å². The van der Waals surface area contributed by atoms with Crippen LogP contribution in [0.2, 0.25) is 0 Å². The highest BCUT2D eigenvalue weighted by atomic mass is 16.6. The Morgan fingerprint density at radius 3 is 2.74 bits per heavy atom. The van der Waals surface area contributed by atoms with E-state index in [-0.39, 0.29) is 12.1 Å². The van der Waals surface area contributed by atoms with Gasteiger partial charge in [-0.3, -0.25) is 0 Å². The molecule has 2 heterocycles. The zero-order chi connectivity index (χ0) is 19.2. The van der Waals surface area contributed by atoms with Crippen LogP contribution in [-0.4, -0.2) is 46.7 Å². The molecular weight excluding hydrogens is 342 g/mol. The van der Waals surface area contributed by atoms with Crippen LogP contribution in [0.5, 0.6) is 0 Å². The Morgan fingerprint density at radius 1 is 1.26 bits per heavy atom. The topological polar surface area (TPSA) is 79.4 Å². The van der Waals surface area contributed by atoms with Crippen molar-refractivity contribution in [3.05, 3.63) is 41.6 Å². The van der Waals surface area contributed by atoms with Crippen molar-refractivity contribution in [1.29, 1.82) is 0 Å². The van der Waals surface area contributed by atoms with E-state index >= 15 is 0 Å². The number of carbonyl (C=O) groups excluding carboxylic acids is 1. The Balaban J connectivity index is 1.57. The second-order valence-corrected chi connectivity index (χ2v) is 6.81. The van der Waals surface area contributed by atoms with Crippen LogP contribution in [0, 0.1) is 13.8 Å². The molecule has 1 amide bonds. The Hall–Kier alpha value is -2.83. The third-order valence-corrected chi connectivity index (χ3v) is 4.65. The summed E-state index contributed by atoms with van der Waals surface area (Å²) in [4.78, 5) is 22.4. The van der Waals surface area contributed by atoms with Crippen LogP contribution in [0.4, 0.5) is 22.2 Å². The zero-order valence-corrected chi connectivity index (χ0v) is 16.2. The molecule has 1 aromatic heterocycles. The Morgan fingerprint density at radius 2 is 2.04 bits per heavy atom. The fraction of sp³-hybridized carbons (Fsp3) is 0.450. The molecule has 2 N–H and O–H groups in total. The highest BCUT2D eigenvalue weighted by Crippen LogP contribution is 2.21. The van der Waals surface area contributed by atoms with Crippen molar-refractivity contribution in [2.45, 2.75) is 39.7 Å². The summed E-state index contributed by atoms with van der Waals surface area (Å²) in [6.45, 7) is 7.74. The van der Waals surface area contributed by atoms with Gasteiger partial charge in [0.2, 0.25) is 5.95 Å². The van der Waals surface area contributed by atoms with Crippen molar-refractivity contribution in [2.75, 3.05) is 30.3 Å². The smallest absolute Gasteiger partial charge is 0.409 e. The Labute approximate surface area is 160 Å². The Kier molecular flexibility index (Phi) is 6.11. The van der Waals surface area contributed by atoms with Crippen molar-refractivity contribution in [3.63, 3.8) is 0 Å². The van der Waals surface area contributed by atoms with Gasteiger partial charge in [-0.25, -0.2) is 9.78 Å². The SMILES string of the molecule is CCOC(=O)N1CCC(Nc2nccc(Nc3ccc(C)cc3C)n2)CC1. The molecule has 1 aliphatic rings. The van der Waals surface area contributed by atoms with E-state index in [0.717, 1.165) is 24.3 Å². The maximum absolute atomic E-state index is 11.8. The third-order valence-electron chi connectivity index (χ3n) is 4.65. The van der Waals surface area contributed by atoms with E-state index < -0.39 is 0 Å². The highest BCUT2D eigenvalue weighted by molar-refractivity contribution is 5.67. The van der Waals surface area contributed by atoms with Gasteiger partial charge in [0.15, 0.2) is 0 Å². The lowest BCUT2D eigenvalue weighted by molar-refractivity contribution is 0.0983. The van der Waals surface area contributed by atoms with Crippen LogP contribution >= 0.6 is 0 Å². The highest BCUT2D eigenvalue weighted by Gasteiger charge is 2.23. The van der Waals surface area contributed by atoms with E-state index in [0.29, 0.717) is 25.6 Å². The lowest BCUT2D eigenvalue weighted by atomic mass is 10.1. The van der Waals surface area contributed by atoms with Crippen LogP contribution in [-0.2, 0) is 4.74 Å². The number of aryl methyl sites for hydroxylation is 2. The molecule has 0 aliphatic carbocycles. The molecule has 1 fully saturated rings. The minimum Gasteiger partial charge on any atom is -0.450 e. The van der Waals surface area contributed by atoms with E-state index in [1.807, 2.05) is 13.0 Å². The van der Waals surface area contributed by atoms with Gasteiger partial charge in [0.05, 0.1) is 6.61 Å². The molecular formula is C20H27N5O2. The van der Waals surface area contributed by atoms with Crippen LogP contribution < -0.4 is 10.6 Å². The second kappa shape index (κ2) is 8.70. The van der Waals surface area contributed by atoms with Crippen molar-refractivity contribution in [1.82, 2.24) is 14.9 Å². The summed E-state index contributed by atoms with van der Waals surface area (Å²) in [5, 5.41) is 6.73. The number of benzene rings is 1. The molecule has 1 saturated heterocycles. The number of likely N-dealkylation sites (tertiary alicyclic amines) is 1. The fourth-order valence-electron chi connectivity index (χ4n) is 3.19. The second-order valence-electron chi connectivity index (χ2n) is 6.81. The van der Waals surface area contributed by atoms with E-state index in [4.69, 9.17) is 4.74 Å². The van der Waals surface area contributed by atoms with Gasteiger partial charge in [-0.1, -0.05) is 17.7 Å². The summed E-state index contributed by atoms with van der Waals surface area (Å²) < 4.78 is 5.06. The summed E-state index contributed by atoms with van der Waals surface area (Å²) in [7, 11) is 0. The standard InChI is InChI=1S/C20H27N5O2/c1-4-27-20(26)25-11-8-16(9-12-25)22-19-21-10-7-18(24-19)23-17-6-5-14(2)13-15(17)3/h5-7,10,13,16H,4,8-9,11-12H2,1-3H3,(H2,21,22,23,24). The number of nitrogens with one attached hydrogen (secondary N) is 2. The average molecular weight is 369 g/mol. The maximum Gasteiger partial charge on any atom is 0.409 e. The van der Waals surface area contributed by atoms with Gasteiger partial charge < -0.3 is 20.3 Å². The summed E-state index contributed by atoms with van der Waals surface area (Å²) in [6.07, 6.45) is 3.20. The molecule has 0 unspecified atom stereocenters. The molecule has 0 spiro atoms. The number of hydrogen-bond acceptors (Lipinski definition) is 6. The number of carbonyl (C=O) groups is 1. The summed E-state index contributed by atoms with van der Waals surface area (Å²) >= 11 is 0. The lowest BCUT2D eigenvalue weighted by Gasteiger charge is -2.31. The van der Waals surface area contributed by atoms with Gasteiger partial charge in [-0.15, -0.1) is 0 Å². The fourth-order valence-corrected chi connectivity index (χ4v) is 3.19. The predicted molar refractivity (Wildman–Crippen MR) is 106 cm³/mol. The third kappa shape index (κ3) is 5.09. The first kappa shape index (κ1) is 18.9. The number of ether oxygens (including phenoxy) is 1. The van der Waals surface area contributed by atoms with E-state index in [2.05, 4.69) is 52.6 Å². The molecule has 0 atom stereocenters. The summed E-state index contributed by atoms with van der Waals surface area (Å²) in [5.41, 5.74) is 3.44. The molecule has 27 heavy (non-hydrogen) atoms. The lowest BCUT2D eigenvalue weighted by Crippen LogP contribution is -2.42. The number of nitrogens with zero attached hydrogens (tertiary/aromatic N) is 3. The molecule has 0 saturated carbocycles. The van der Waals surface area contributed by atoms with Crippen molar-refractivity contribution >= 4 is 23.5 Å². The largest absolute Gasteiger partial charge is 0.450 e. The normalized spacial score (nSPS) is 14.7. The van der Waals surface area contributed by atoms with Gasteiger partial charge in [0, 0.05) is 31.0 Å². The summed E-state index contributed by atoms with van der Waals surface area (Å²) in [6, 6.07) is 8.37. The number of piperidine rings is 1. The number of rotatable bonds is 5. The minimum absolute atomic E-state index is 0.230. The first-order chi connectivity index (χ1) is 13.0. The van der Waals surface area contributed by atoms with Gasteiger partial charge in [0.1, 0.15) is 5.82 Å². The zero-order valence-electron chi connectivity index (χ0n) is 16.2. The minimum atomic E-state index is -0.230. The van der Waals surface area contributed by atoms with Gasteiger partial charge >= 0.3 is 6.09 Å². The van der Waals surface area contributed by atoms with Gasteiger partial charge in [-0.05, 0) is 51.3 Å². The Bertz CT molecular complexity index is 788. The van der Waals surface area contributed by atoms with Crippen molar-refractivity contribution in [2.24, 2.45) is 0 Å². The molecule has 0 radical (unpaired) electrons. The van der Waals surface area contributed by atoms with E-state index in [1.165, 1.54) is 11.1 Å². The first-order valence-corrected chi connectivity index (χ1v) is 9.40. The monoisotopic (exact) mass is 369 g/mol. The van der Waals surface area contributed by atoms with Gasteiger partial charge in [0.25, 0.3) is 0 Å². The average Bonchev–Trinajstić information content (AvgIpc) is 2.65. The maximum atomic E-state index is 11.8. The first-order valence-electron chi connectivity index (χ1n) is 9.40. The molecule has 0 bridgehead atoms. The number of amides is 1. The van der Waals surface area contributed by atoms with Crippen LogP contribution in [0.15, 0.2) is 30.5 Å². The predicted octanol–water partition coefficient (Wildman–Crippen LogP) is 3.87. The van der Waals surface area contributed by atoms with Crippen LogP contribution in [0.1, 0.15) is 30.9 Å². The van der Waals surface area contributed by atoms with Crippen LogP contribution in [0.3, 0.4) is 0 Å². The number of hydrogen-bond donors (Lipinski definition) is 2. The van der Waals surface area contributed by atoms with Gasteiger partial charge in [-0.2, -0.15) is 4.98 Å². The van der Waals surface area contributed by atoms with Crippen molar-refractivity contribution in [3.8, 4) is 0 Å². The van der Waals surface area contributed by atoms with Crippen LogP contribution in [0.25, 0.3) is 0 Å². The molecule has 7 heteroatoms. The quantitative estimate of drug-likeness (QED) is 0.833. The molecule has 3 rings (SSSR count). The molecule has 7 nitrogen and oxygen atoms in total. The number of aromatic nitrogens is 2.